The van der Waals surface area contributed by atoms with E-state index in [-0.39, 0.29) is 5.91 Å². The fourth-order valence-electron chi connectivity index (χ4n) is 4.00. The molecule has 0 saturated carbocycles. The lowest BCUT2D eigenvalue weighted by molar-refractivity contribution is 0.102. The zero-order valence-corrected chi connectivity index (χ0v) is 16.6. The summed E-state index contributed by atoms with van der Waals surface area (Å²) in [5.41, 5.74) is 2.94. The number of pyridine rings is 2. The van der Waals surface area contributed by atoms with E-state index in [4.69, 9.17) is 0 Å². The molecule has 8 heteroatoms. The van der Waals surface area contributed by atoms with Gasteiger partial charge in [0, 0.05) is 43.6 Å². The summed E-state index contributed by atoms with van der Waals surface area (Å²) in [7, 11) is 0. The number of hydrogen-bond acceptors (Lipinski definition) is 5. The minimum Gasteiger partial charge on any atom is -0.345 e. The third-order valence-electron chi connectivity index (χ3n) is 5.40. The Morgan fingerprint density at radius 2 is 2.29 bits per heavy atom. The molecule has 0 aromatic carbocycles. The summed E-state index contributed by atoms with van der Waals surface area (Å²) in [6, 6.07) is 3.93. The van der Waals surface area contributed by atoms with E-state index in [9.17, 15) is 4.79 Å². The highest BCUT2D eigenvalue weighted by atomic mass is 79.9. The van der Waals surface area contributed by atoms with Gasteiger partial charge in [0.25, 0.3) is 5.91 Å². The van der Waals surface area contributed by atoms with Gasteiger partial charge in [0.15, 0.2) is 0 Å². The Morgan fingerprint density at radius 3 is 3.14 bits per heavy atom. The topological polar surface area (TPSA) is 85.9 Å². The second-order valence-corrected chi connectivity index (χ2v) is 7.94. The van der Waals surface area contributed by atoms with Crippen LogP contribution in [-0.2, 0) is 0 Å². The van der Waals surface area contributed by atoms with Gasteiger partial charge in [-0.3, -0.25) is 9.78 Å². The number of amides is 1. The van der Waals surface area contributed by atoms with Gasteiger partial charge in [-0.25, -0.2) is 4.98 Å². The second kappa shape index (κ2) is 7.03. The van der Waals surface area contributed by atoms with Crippen LogP contribution in [0.25, 0.3) is 11.0 Å². The molecule has 1 saturated heterocycles. The number of carbonyl (C=O) groups excluding carboxylic acids is 1. The Labute approximate surface area is 170 Å². The van der Waals surface area contributed by atoms with Crippen molar-refractivity contribution in [1.82, 2.24) is 20.3 Å². The average molecular weight is 439 g/mol. The molecule has 1 amide bonds. The zero-order chi connectivity index (χ0) is 19.1. The van der Waals surface area contributed by atoms with Crippen molar-refractivity contribution in [2.45, 2.75) is 12.5 Å². The van der Waals surface area contributed by atoms with Crippen molar-refractivity contribution < 1.29 is 4.79 Å². The van der Waals surface area contributed by atoms with Crippen LogP contribution in [0.4, 0.5) is 11.4 Å². The highest BCUT2D eigenvalue weighted by Crippen LogP contribution is 2.39. The maximum atomic E-state index is 12.6. The fourth-order valence-corrected chi connectivity index (χ4v) is 4.53. The van der Waals surface area contributed by atoms with E-state index in [1.165, 1.54) is 6.42 Å². The summed E-state index contributed by atoms with van der Waals surface area (Å²) < 4.78 is 0.887. The molecule has 3 aromatic rings. The first kappa shape index (κ1) is 17.4. The molecule has 2 atom stereocenters. The molecule has 2 aliphatic heterocycles. The summed E-state index contributed by atoms with van der Waals surface area (Å²) >= 11 is 3.66. The van der Waals surface area contributed by atoms with Crippen molar-refractivity contribution in [2.24, 2.45) is 5.92 Å². The largest absolute Gasteiger partial charge is 0.345 e. The number of nitrogens with one attached hydrogen (secondary N) is 3. The van der Waals surface area contributed by atoms with Gasteiger partial charge in [-0.05, 0) is 46.9 Å². The molecule has 7 nitrogen and oxygen atoms in total. The number of fused-ring (bicyclic) bond motifs is 2. The zero-order valence-electron chi connectivity index (χ0n) is 15.0. The average Bonchev–Trinajstić information content (AvgIpc) is 3.35. The molecule has 2 aliphatic rings. The molecule has 142 valence electrons. The second-order valence-electron chi connectivity index (χ2n) is 7.08. The summed E-state index contributed by atoms with van der Waals surface area (Å²) in [6.07, 6.45) is 12.4. The van der Waals surface area contributed by atoms with Gasteiger partial charge in [-0.15, -0.1) is 0 Å². The Morgan fingerprint density at radius 1 is 1.36 bits per heavy atom. The van der Waals surface area contributed by atoms with Crippen molar-refractivity contribution in [2.75, 3.05) is 23.3 Å². The van der Waals surface area contributed by atoms with Crippen molar-refractivity contribution in [1.29, 1.82) is 0 Å². The van der Waals surface area contributed by atoms with E-state index in [0.29, 0.717) is 23.2 Å². The summed E-state index contributed by atoms with van der Waals surface area (Å²) in [6.45, 7) is 1.93. The molecule has 5 heterocycles. The van der Waals surface area contributed by atoms with Crippen molar-refractivity contribution in [3.8, 4) is 0 Å². The molecule has 3 aromatic heterocycles. The van der Waals surface area contributed by atoms with Gasteiger partial charge in [0.1, 0.15) is 5.65 Å². The SMILES string of the molecule is O=C(Nc1c[nH]c2ncc(Br)c(N3C=CC4CCNC4C3)c12)c1cccnc1. The number of aromatic nitrogens is 3. The van der Waals surface area contributed by atoms with Crippen LogP contribution in [0.15, 0.2) is 53.7 Å². The van der Waals surface area contributed by atoms with Gasteiger partial charge in [-0.2, -0.15) is 0 Å². The molecule has 0 radical (unpaired) electrons. The molecule has 2 unspecified atom stereocenters. The molecular weight excluding hydrogens is 420 g/mol. The van der Waals surface area contributed by atoms with Crippen LogP contribution in [0.1, 0.15) is 16.8 Å². The summed E-state index contributed by atoms with van der Waals surface area (Å²) in [5, 5.41) is 7.46. The first-order chi connectivity index (χ1) is 13.7. The Bertz CT molecular complexity index is 1060. The van der Waals surface area contributed by atoms with Crippen LogP contribution in [0, 0.1) is 5.92 Å². The van der Waals surface area contributed by atoms with E-state index >= 15 is 0 Å². The van der Waals surface area contributed by atoms with E-state index in [0.717, 1.165) is 34.3 Å². The Kier molecular flexibility index (Phi) is 4.37. The van der Waals surface area contributed by atoms with Crippen molar-refractivity contribution >= 4 is 44.2 Å². The first-order valence-electron chi connectivity index (χ1n) is 9.26. The lowest BCUT2D eigenvalue weighted by Gasteiger charge is -2.32. The maximum absolute atomic E-state index is 12.6. The minimum absolute atomic E-state index is 0.202. The highest BCUT2D eigenvalue weighted by Gasteiger charge is 2.31. The molecule has 1 fully saturated rings. The third kappa shape index (κ3) is 2.98. The van der Waals surface area contributed by atoms with E-state index in [1.54, 1.807) is 36.9 Å². The molecule has 0 aliphatic carbocycles. The predicted molar refractivity (Wildman–Crippen MR) is 112 cm³/mol. The smallest absolute Gasteiger partial charge is 0.257 e. The fraction of sp³-hybridized carbons (Fsp3) is 0.250. The quantitative estimate of drug-likeness (QED) is 0.583. The molecule has 5 rings (SSSR count). The van der Waals surface area contributed by atoms with Crippen LogP contribution in [0.5, 0.6) is 0 Å². The number of aromatic amines is 1. The van der Waals surface area contributed by atoms with Crippen LogP contribution < -0.4 is 15.5 Å². The summed E-state index contributed by atoms with van der Waals surface area (Å²) in [5.74, 6) is 0.384. The number of halogens is 1. The normalized spacial score (nSPS) is 21.1. The highest BCUT2D eigenvalue weighted by molar-refractivity contribution is 9.10. The molecule has 0 spiro atoms. The lowest BCUT2D eigenvalue weighted by atomic mass is 9.97. The van der Waals surface area contributed by atoms with Crippen LogP contribution in [0.2, 0.25) is 0 Å². The van der Waals surface area contributed by atoms with E-state index in [2.05, 4.69) is 58.7 Å². The van der Waals surface area contributed by atoms with Gasteiger partial charge in [-0.1, -0.05) is 6.08 Å². The molecule has 28 heavy (non-hydrogen) atoms. The molecular formula is C20H19BrN6O. The van der Waals surface area contributed by atoms with Crippen molar-refractivity contribution in [3.63, 3.8) is 0 Å². The number of anilines is 2. The number of hydrogen-bond donors (Lipinski definition) is 3. The van der Waals surface area contributed by atoms with Gasteiger partial charge < -0.3 is 20.5 Å². The Hall–Kier alpha value is -2.71. The van der Waals surface area contributed by atoms with E-state index in [1.807, 2.05) is 0 Å². The predicted octanol–water partition coefficient (Wildman–Crippen LogP) is 3.28. The first-order valence-corrected chi connectivity index (χ1v) is 10.1. The minimum atomic E-state index is -0.202. The maximum Gasteiger partial charge on any atom is 0.257 e. The van der Waals surface area contributed by atoms with Crippen LogP contribution in [-0.4, -0.2) is 40.0 Å². The van der Waals surface area contributed by atoms with Crippen molar-refractivity contribution in [3.05, 3.63) is 59.2 Å². The summed E-state index contributed by atoms with van der Waals surface area (Å²) in [4.78, 5) is 26.5. The lowest BCUT2D eigenvalue weighted by Crippen LogP contribution is -2.41. The Balaban J connectivity index is 1.54. The van der Waals surface area contributed by atoms with Crippen LogP contribution >= 0.6 is 15.9 Å². The third-order valence-corrected chi connectivity index (χ3v) is 5.98. The van der Waals surface area contributed by atoms with Gasteiger partial charge in [0.05, 0.1) is 26.8 Å². The van der Waals surface area contributed by atoms with Crippen LogP contribution in [0.3, 0.4) is 0 Å². The monoisotopic (exact) mass is 438 g/mol. The molecule has 3 N–H and O–H groups in total. The number of rotatable bonds is 3. The number of nitrogens with zero attached hydrogens (tertiary/aromatic N) is 3. The van der Waals surface area contributed by atoms with E-state index < -0.39 is 0 Å². The van der Waals surface area contributed by atoms with Gasteiger partial charge >= 0.3 is 0 Å². The number of carbonyl (C=O) groups is 1. The number of H-pyrrole nitrogens is 1. The van der Waals surface area contributed by atoms with Gasteiger partial charge in [0.2, 0.25) is 0 Å². The standard InChI is InChI=1S/C20H19BrN6O/c21-14-9-24-19-17(18(14)27-7-4-12-3-6-23-16(12)11-27)15(10-25-19)26-20(28)13-2-1-5-22-8-13/h1-2,4-5,7-10,12,16,23H,3,6,11H2,(H,24,25)(H,26,28). The molecule has 0 bridgehead atoms.